The molecule has 0 radical (unpaired) electrons. The zero-order valence-electron chi connectivity index (χ0n) is 14.4. The van der Waals surface area contributed by atoms with E-state index in [0.29, 0.717) is 6.42 Å². The number of carboxylic acid groups (broad SMARTS) is 1. The van der Waals surface area contributed by atoms with E-state index in [1.165, 1.54) is 0 Å². The molecule has 1 N–H and O–H groups in total. The van der Waals surface area contributed by atoms with Crippen molar-refractivity contribution in [3.63, 3.8) is 0 Å². The molecule has 9 heteroatoms. The summed E-state index contributed by atoms with van der Waals surface area (Å²) in [7, 11) is -0.510. The smallest absolute Gasteiger partial charge is 0.465 e. The first-order valence-corrected chi connectivity index (χ1v) is 8.14. The van der Waals surface area contributed by atoms with Crippen LogP contribution in [0, 0.1) is 0 Å². The van der Waals surface area contributed by atoms with Crippen molar-refractivity contribution < 1.29 is 23.6 Å². The minimum Gasteiger partial charge on any atom is -0.465 e. The number of carbonyl (C=O) groups is 1. The summed E-state index contributed by atoms with van der Waals surface area (Å²) in [6.07, 6.45) is 1.35. The average molecular weight is 339 g/mol. The summed E-state index contributed by atoms with van der Waals surface area (Å²) in [6, 6.07) is -0.174. The van der Waals surface area contributed by atoms with Gasteiger partial charge in [-0.1, -0.05) is 0 Å². The molecule has 2 saturated heterocycles. The van der Waals surface area contributed by atoms with Gasteiger partial charge in [-0.05, 0) is 34.1 Å². The quantitative estimate of drug-likeness (QED) is 0.657. The van der Waals surface area contributed by atoms with Crippen LogP contribution in [0.25, 0.3) is 0 Å². The standard InChI is InChI=1S/C15H23BFN3O4/c1-14(2)15(3,4)24-16(23-14)10-8-18-20(9-10)11-5-6-19(13(21)22)12(17)7-11/h8-9,11-12H,5-7H2,1-4H3,(H,21,22). The Morgan fingerprint density at radius 2 is 2.00 bits per heavy atom. The lowest BCUT2D eigenvalue weighted by Crippen LogP contribution is -2.43. The monoisotopic (exact) mass is 339 g/mol. The van der Waals surface area contributed by atoms with Crippen LogP contribution in [0.15, 0.2) is 12.4 Å². The van der Waals surface area contributed by atoms with Gasteiger partial charge in [0.15, 0.2) is 6.30 Å². The number of aromatic nitrogens is 2. The topological polar surface area (TPSA) is 76.8 Å². The molecule has 0 spiro atoms. The normalized spacial score (nSPS) is 29.0. The highest BCUT2D eigenvalue weighted by Gasteiger charge is 2.52. The predicted octanol–water partition coefficient (Wildman–Crippen LogP) is 1.79. The van der Waals surface area contributed by atoms with E-state index in [2.05, 4.69) is 5.10 Å². The van der Waals surface area contributed by atoms with E-state index < -0.39 is 30.7 Å². The van der Waals surface area contributed by atoms with Gasteiger partial charge in [-0.3, -0.25) is 9.58 Å². The van der Waals surface area contributed by atoms with Gasteiger partial charge in [0.1, 0.15) is 0 Å². The minimum absolute atomic E-state index is 0.0940. The van der Waals surface area contributed by atoms with E-state index in [1.807, 2.05) is 27.7 Å². The van der Waals surface area contributed by atoms with E-state index in [-0.39, 0.29) is 19.0 Å². The predicted molar refractivity (Wildman–Crippen MR) is 85.8 cm³/mol. The van der Waals surface area contributed by atoms with Gasteiger partial charge in [0.25, 0.3) is 0 Å². The van der Waals surface area contributed by atoms with Crippen molar-refractivity contribution >= 4 is 18.7 Å². The second-order valence-electron chi connectivity index (χ2n) is 7.43. The number of nitrogens with zero attached hydrogens (tertiary/aromatic N) is 3. The van der Waals surface area contributed by atoms with Crippen molar-refractivity contribution in [3.8, 4) is 0 Å². The molecule has 2 aliphatic heterocycles. The summed E-state index contributed by atoms with van der Waals surface area (Å²) >= 11 is 0. The number of likely N-dealkylation sites (tertiary alicyclic amines) is 1. The van der Waals surface area contributed by atoms with Gasteiger partial charge >= 0.3 is 13.2 Å². The maximum atomic E-state index is 14.0. The zero-order chi connectivity index (χ0) is 17.7. The fourth-order valence-electron chi connectivity index (χ4n) is 3.01. The van der Waals surface area contributed by atoms with Gasteiger partial charge in [-0.15, -0.1) is 0 Å². The second kappa shape index (κ2) is 5.73. The number of amides is 1. The highest BCUT2D eigenvalue weighted by Crippen LogP contribution is 2.36. The molecule has 0 saturated carbocycles. The van der Waals surface area contributed by atoms with Crippen LogP contribution in [-0.2, 0) is 9.31 Å². The third-order valence-corrected chi connectivity index (χ3v) is 5.27. The molecule has 2 unspecified atom stereocenters. The van der Waals surface area contributed by atoms with Crippen LogP contribution in [0.4, 0.5) is 9.18 Å². The van der Waals surface area contributed by atoms with Crippen LogP contribution < -0.4 is 5.46 Å². The third-order valence-electron chi connectivity index (χ3n) is 5.27. The number of alkyl halides is 1. The van der Waals surface area contributed by atoms with Crippen molar-refractivity contribution in [1.29, 1.82) is 0 Å². The van der Waals surface area contributed by atoms with Crippen molar-refractivity contribution in [2.75, 3.05) is 6.54 Å². The van der Waals surface area contributed by atoms with Gasteiger partial charge in [-0.2, -0.15) is 5.10 Å². The van der Waals surface area contributed by atoms with Gasteiger partial charge in [0.2, 0.25) is 0 Å². The summed E-state index contributed by atoms with van der Waals surface area (Å²) in [5.74, 6) is 0. The molecule has 2 atom stereocenters. The van der Waals surface area contributed by atoms with Crippen LogP contribution in [0.2, 0.25) is 0 Å². The Kier molecular flexibility index (Phi) is 4.12. The van der Waals surface area contributed by atoms with E-state index in [9.17, 15) is 9.18 Å². The molecule has 1 amide bonds. The number of piperidine rings is 1. The van der Waals surface area contributed by atoms with Gasteiger partial charge in [0, 0.05) is 30.8 Å². The van der Waals surface area contributed by atoms with Crippen LogP contribution in [0.5, 0.6) is 0 Å². The molecule has 0 bridgehead atoms. The van der Waals surface area contributed by atoms with Crippen molar-refractivity contribution in [3.05, 3.63) is 12.4 Å². The molecule has 0 aromatic carbocycles. The van der Waals surface area contributed by atoms with E-state index in [4.69, 9.17) is 14.4 Å². The molecule has 132 valence electrons. The number of rotatable bonds is 2. The fraction of sp³-hybridized carbons (Fsp3) is 0.733. The maximum absolute atomic E-state index is 14.0. The second-order valence-corrected chi connectivity index (χ2v) is 7.43. The summed E-state index contributed by atoms with van der Waals surface area (Å²) in [6.45, 7) is 8.08. The lowest BCUT2D eigenvalue weighted by Gasteiger charge is -2.33. The Bertz CT molecular complexity index is 620. The first kappa shape index (κ1) is 17.2. The van der Waals surface area contributed by atoms with Crippen molar-refractivity contribution in [1.82, 2.24) is 14.7 Å². The molecule has 24 heavy (non-hydrogen) atoms. The van der Waals surface area contributed by atoms with Crippen LogP contribution in [0.1, 0.15) is 46.6 Å². The Labute approximate surface area is 140 Å². The first-order valence-electron chi connectivity index (χ1n) is 8.14. The molecule has 3 rings (SSSR count). The SMILES string of the molecule is CC1(C)OB(c2cnn(C3CCN(C(=O)O)C(F)C3)c2)OC1(C)C. The third kappa shape index (κ3) is 2.90. The molecule has 0 aliphatic carbocycles. The lowest BCUT2D eigenvalue weighted by atomic mass is 9.82. The molecule has 2 fully saturated rings. The minimum atomic E-state index is -1.51. The average Bonchev–Trinajstić information content (AvgIpc) is 3.02. The maximum Gasteiger partial charge on any atom is 0.498 e. The van der Waals surface area contributed by atoms with Gasteiger partial charge < -0.3 is 14.4 Å². The van der Waals surface area contributed by atoms with Crippen LogP contribution in [0.3, 0.4) is 0 Å². The molecule has 1 aromatic rings. The van der Waals surface area contributed by atoms with Gasteiger partial charge in [0.05, 0.1) is 17.2 Å². The van der Waals surface area contributed by atoms with Crippen LogP contribution >= 0.6 is 0 Å². The Morgan fingerprint density at radius 1 is 1.38 bits per heavy atom. The summed E-state index contributed by atoms with van der Waals surface area (Å²) in [4.78, 5) is 11.8. The van der Waals surface area contributed by atoms with E-state index >= 15 is 0 Å². The lowest BCUT2D eigenvalue weighted by molar-refractivity contribution is 0.00578. The molecule has 2 aliphatic rings. The highest BCUT2D eigenvalue weighted by atomic mass is 19.1. The van der Waals surface area contributed by atoms with Crippen molar-refractivity contribution in [2.45, 2.75) is 64.1 Å². The molecule has 3 heterocycles. The molecular weight excluding hydrogens is 316 g/mol. The first-order chi connectivity index (χ1) is 11.1. The van der Waals surface area contributed by atoms with Crippen LogP contribution in [-0.4, -0.2) is 57.0 Å². The number of halogens is 1. The van der Waals surface area contributed by atoms with Gasteiger partial charge in [-0.25, -0.2) is 9.18 Å². The molecule has 1 aromatic heterocycles. The molecule has 7 nitrogen and oxygen atoms in total. The van der Waals surface area contributed by atoms with E-state index in [0.717, 1.165) is 10.4 Å². The fourth-order valence-corrected chi connectivity index (χ4v) is 3.01. The Morgan fingerprint density at radius 3 is 2.54 bits per heavy atom. The number of hydrogen-bond donors (Lipinski definition) is 1. The Hall–Kier alpha value is -1.61. The number of hydrogen-bond acceptors (Lipinski definition) is 4. The summed E-state index contributed by atoms with van der Waals surface area (Å²) in [5, 5.41) is 13.3. The molecular formula is C15H23BFN3O4. The summed E-state index contributed by atoms with van der Waals surface area (Å²) < 4.78 is 27.7. The van der Waals surface area contributed by atoms with Crippen molar-refractivity contribution in [2.24, 2.45) is 0 Å². The summed E-state index contributed by atoms with van der Waals surface area (Å²) in [5.41, 5.74) is -0.0857. The zero-order valence-corrected chi connectivity index (χ0v) is 14.4. The Balaban J connectivity index is 1.70. The largest absolute Gasteiger partial charge is 0.498 e. The van der Waals surface area contributed by atoms with E-state index in [1.54, 1.807) is 17.1 Å². The highest BCUT2D eigenvalue weighted by molar-refractivity contribution is 6.62.